The number of nitrogens with zero attached hydrogens (tertiary/aromatic N) is 1. The Morgan fingerprint density at radius 3 is 2.79 bits per heavy atom. The summed E-state index contributed by atoms with van der Waals surface area (Å²) in [5.74, 6) is 0.155. The molecule has 0 aliphatic rings. The van der Waals surface area contributed by atoms with E-state index in [-0.39, 0.29) is 18.5 Å². The number of nitrogen functional groups attached to an aromatic ring is 1. The predicted octanol–water partition coefficient (Wildman–Crippen LogP) is 1.36. The third-order valence-electron chi connectivity index (χ3n) is 1.70. The first kappa shape index (κ1) is 10.5. The van der Waals surface area contributed by atoms with Gasteiger partial charge in [-0.2, -0.15) is 0 Å². The number of nitrogens with two attached hydrogens (primary N) is 1. The van der Waals surface area contributed by atoms with Crippen LogP contribution in [0.4, 0.5) is 5.82 Å². The quantitative estimate of drug-likeness (QED) is 0.738. The molecule has 1 heterocycles. The van der Waals surface area contributed by atoms with Gasteiger partial charge in [0.15, 0.2) is 0 Å². The number of hydrogen-bond acceptors (Lipinski definition) is 4. The van der Waals surface area contributed by atoms with E-state index in [9.17, 15) is 4.79 Å². The molecule has 0 aliphatic carbocycles. The van der Waals surface area contributed by atoms with Crippen molar-refractivity contribution in [3.63, 3.8) is 0 Å². The Hall–Kier alpha value is -1.58. The molecule has 4 heteroatoms. The second-order valence-electron chi connectivity index (χ2n) is 3.35. The lowest BCUT2D eigenvalue weighted by Gasteiger charge is -2.06. The van der Waals surface area contributed by atoms with Crippen LogP contribution in [0.2, 0.25) is 0 Å². The zero-order valence-electron chi connectivity index (χ0n) is 8.36. The maximum atomic E-state index is 11.1. The number of anilines is 1. The van der Waals surface area contributed by atoms with Crippen molar-refractivity contribution in [2.75, 3.05) is 5.73 Å². The fraction of sp³-hybridized carbons (Fsp3) is 0.400. The smallest absolute Gasteiger partial charge is 0.308 e. The highest BCUT2D eigenvalue weighted by Gasteiger charge is 2.07. The second-order valence-corrected chi connectivity index (χ2v) is 3.35. The molecular weight excluding hydrogens is 180 g/mol. The van der Waals surface area contributed by atoms with E-state index in [4.69, 9.17) is 10.5 Å². The molecule has 0 amide bonds. The zero-order chi connectivity index (χ0) is 10.6. The van der Waals surface area contributed by atoms with Gasteiger partial charge < -0.3 is 10.5 Å². The first-order valence-corrected chi connectivity index (χ1v) is 4.46. The van der Waals surface area contributed by atoms with Crippen molar-refractivity contribution >= 4 is 11.8 Å². The van der Waals surface area contributed by atoms with E-state index in [1.807, 2.05) is 0 Å². The topological polar surface area (TPSA) is 65.2 Å². The van der Waals surface area contributed by atoms with Gasteiger partial charge in [-0.05, 0) is 6.07 Å². The largest absolute Gasteiger partial charge is 0.461 e. The minimum atomic E-state index is -0.207. The highest BCUT2D eigenvalue weighted by Crippen LogP contribution is 2.05. The van der Waals surface area contributed by atoms with Gasteiger partial charge in [-0.3, -0.25) is 4.79 Å². The molecule has 14 heavy (non-hydrogen) atoms. The summed E-state index contributed by atoms with van der Waals surface area (Å²) in [6, 6.07) is 3.47. The normalized spacial score (nSPS) is 10.2. The lowest BCUT2D eigenvalue weighted by molar-refractivity contribution is -0.148. The number of ether oxygens (including phenoxy) is 1. The van der Waals surface area contributed by atoms with Crippen molar-refractivity contribution in [3.05, 3.63) is 23.9 Å². The molecule has 1 rings (SSSR count). The van der Waals surface area contributed by atoms with E-state index >= 15 is 0 Å². The van der Waals surface area contributed by atoms with Crippen molar-refractivity contribution in [1.82, 2.24) is 4.98 Å². The Bertz CT molecular complexity index is 306. The van der Waals surface area contributed by atoms with Crippen LogP contribution in [0.1, 0.15) is 19.4 Å². The van der Waals surface area contributed by atoms with E-state index in [0.717, 1.165) is 5.56 Å². The Balaban J connectivity index is 2.46. The number of carbonyl (C=O) groups excluding carboxylic acids is 1. The molecule has 1 aromatic rings. The minimum absolute atomic E-state index is 0.100. The summed E-state index contributed by atoms with van der Waals surface area (Å²) in [5, 5.41) is 0. The van der Waals surface area contributed by atoms with Crippen LogP contribution in [0.15, 0.2) is 18.3 Å². The van der Waals surface area contributed by atoms with Gasteiger partial charge in [-0.1, -0.05) is 19.9 Å². The van der Waals surface area contributed by atoms with Crippen molar-refractivity contribution in [2.24, 2.45) is 5.92 Å². The Morgan fingerprint density at radius 1 is 1.57 bits per heavy atom. The fourth-order valence-electron chi connectivity index (χ4n) is 0.842. The molecule has 0 unspecified atom stereocenters. The number of pyridine rings is 1. The van der Waals surface area contributed by atoms with Gasteiger partial charge in [0.1, 0.15) is 12.4 Å². The van der Waals surface area contributed by atoms with Gasteiger partial charge in [0.2, 0.25) is 0 Å². The van der Waals surface area contributed by atoms with E-state index in [0.29, 0.717) is 5.82 Å². The van der Waals surface area contributed by atoms with Crippen molar-refractivity contribution in [2.45, 2.75) is 20.5 Å². The Kier molecular flexibility index (Phi) is 3.45. The van der Waals surface area contributed by atoms with Crippen molar-refractivity contribution in [3.8, 4) is 0 Å². The summed E-state index contributed by atoms with van der Waals surface area (Å²) in [5.41, 5.74) is 6.25. The molecule has 0 atom stereocenters. The molecule has 2 N–H and O–H groups in total. The Morgan fingerprint density at radius 2 is 2.29 bits per heavy atom. The number of rotatable bonds is 3. The molecule has 0 aliphatic heterocycles. The molecule has 1 aromatic heterocycles. The summed E-state index contributed by atoms with van der Waals surface area (Å²) in [4.78, 5) is 15.0. The third kappa shape index (κ3) is 3.05. The van der Waals surface area contributed by atoms with Gasteiger partial charge in [-0.15, -0.1) is 0 Å². The van der Waals surface area contributed by atoms with Crippen LogP contribution in [0.25, 0.3) is 0 Å². The van der Waals surface area contributed by atoms with E-state index in [1.165, 1.54) is 0 Å². The number of aromatic nitrogens is 1. The van der Waals surface area contributed by atoms with Gasteiger partial charge in [0.05, 0.1) is 5.92 Å². The molecule has 0 fully saturated rings. The van der Waals surface area contributed by atoms with Gasteiger partial charge >= 0.3 is 5.97 Å². The number of hydrogen-bond donors (Lipinski definition) is 1. The maximum absolute atomic E-state index is 11.1. The fourth-order valence-corrected chi connectivity index (χ4v) is 0.842. The summed E-state index contributed by atoms with van der Waals surface area (Å²) < 4.78 is 5.01. The summed E-state index contributed by atoms with van der Waals surface area (Å²) >= 11 is 0. The van der Waals surface area contributed by atoms with Crippen molar-refractivity contribution in [1.29, 1.82) is 0 Å². The van der Waals surface area contributed by atoms with Crippen LogP contribution >= 0.6 is 0 Å². The van der Waals surface area contributed by atoms with Crippen LogP contribution in [0.3, 0.4) is 0 Å². The average molecular weight is 194 g/mol. The SMILES string of the molecule is CC(C)C(=O)OCc1ccc(N)nc1. The zero-order valence-corrected chi connectivity index (χ0v) is 8.36. The highest BCUT2D eigenvalue weighted by molar-refractivity contribution is 5.71. The summed E-state index contributed by atoms with van der Waals surface area (Å²) in [7, 11) is 0. The molecule has 4 nitrogen and oxygen atoms in total. The lowest BCUT2D eigenvalue weighted by atomic mass is 10.2. The molecule has 76 valence electrons. The maximum Gasteiger partial charge on any atom is 0.308 e. The predicted molar refractivity (Wildman–Crippen MR) is 53.3 cm³/mol. The first-order chi connectivity index (χ1) is 6.59. The summed E-state index contributed by atoms with van der Waals surface area (Å²) in [6.07, 6.45) is 1.60. The molecule has 0 saturated carbocycles. The molecule has 0 saturated heterocycles. The van der Waals surface area contributed by atoms with Crippen LogP contribution in [-0.4, -0.2) is 11.0 Å². The standard InChI is InChI=1S/C10H14N2O2/c1-7(2)10(13)14-6-8-3-4-9(11)12-5-8/h3-5,7H,6H2,1-2H3,(H2,11,12). The summed E-state index contributed by atoms with van der Waals surface area (Å²) in [6.45, 7) is 3.84. The van der Waals surface area contributed by atoms with Crippen LogP contribution < -0.4 is 5.73 Å². The van der Waals surface area contributed by atoms with Crippen LogP contribution in [-0.2, 0) is 16.1 Å². The van der Waals surface area contributed by atoms with Gasteiger partial charge in [-0.25, -0.2) is 4.98 Å². The molecular formula is C10H14N2O2. The Labute approximate surface area is 83.1 Å². The lowest BCUT2D eigenvalue weighted by Crippen LogP contribution is -2.11. The molecule has 0 radical (unpaired) electrons. The molecule has 0 spiro atoms. The third-order valence-corrected chi connectivity index (χ3v) is 1.70. The monoisotopic (exact) mass is 194 g/mol. The number of esters is 1. The van der Waals surface area contributed by atoms with Crippen molar-refractivity contribution < 1.29 is 9.53 Å². The van der Waals surface area contributed by atoms with Gasteiger partial charge in [0.25, 0.3) is 0 Å². The second kappa shape index (κ2) is 4.60. The van der Waals surface area contributed by atoms with Gasteiger partial charge in [0, 0.05) is 11.8 Å². The van der Waals surface area contributed by atoms with E-state index in [1.54, 1.807) is 32.2 Å². The molecule has 0 aromatic carbocycles. The van der Waals surface area contributed by atoms with E-state index < -0.39 is 0 Å². The first-order valence-electron chi connectivity index (χ1n) is 4.46. The number of carbonyl (C=O) groups is 1. The average Bonchev–Trinajstić information content (AvgIpc) is 2.16. The van der Waals surface area contributed by atoms with Crippen LogP contribution in [0, 0.1) is 5.92 Å². The highest BCUT2D eigenvalue weighted by atomic mass is 16.5. The molecule has 0 bridgehead atoms. The van der Waals surface area contributed by atoms with E-state index in [2.05, 4.69) is 4.98 Å². The minimum Gasteiger partial charge on any atom is -0.461 e. The van der Waals surface area contributed by atoms with Crippen LogP contribution in [0.5, 0.6) is 0 Å².